The zero-order chi connectivity index (χ0) is 22.3. The first-order valence-electron chi connectivity index (χ1n) is 10.1. The van der Waals surface area contributed by atoms with E-state index in [2.05, 4.69) is 10.3 Å². The van der Waals surface area contributed by atoms with Gasteiger partial charge in [-0.05, 0) is 24.3 Å². The molecule has 162 valence electrons. The van der Waals surface area contributed by atoms with Crippen molar-refractivity contribution in [3.05, 3.63) is 71.6 Å². The van der Waals surface area contributed by atoms with Crippen LogP contribution in [0.15, 0.2) is 48.9 Å². The Bertz CT molecular complexity index is 1250. The topological polar surface area (TPSA) is 109 Å². The van der Waals surface area contributed by atoms with Crippen molar-refractivity contribution >= 4 is 11.6 Å². The second-order valence-corrected chi connectivity index (χ2v) is 7.87. The zero-order valence-electron chi connectivity index (χ0n) is 16.9. The summed E-state index contributed by atoms with van der Waals surface area (Å²) in [5.41, 5.74) is -0.0393. The van der Waals surface area contributed by atoms with Gasteiger partial charge >= 0.3 is 0 Å². The molecule has 2 atom stereocenters. The summed E-state index contributed by atoms with van der Waals surface area (Å²) in [4.78, 5) is 16.9. The van der Waals surface area contributed by atoms with E-state index in [0.717, 1.165) is 6.07 Å². The highest BCUT2D eigenvalue weighted by atomic mass is 19.1. The van der Waals surface area contributed by atoms with E-state index < -0.39 is 23.4 Å². The van der Waals surface area contributed by atoms with Crippen molar-refractivity contribution in [1.82, 2.24) is 9.55 Å². The molecule has 8 nitrogen and oxygen atoms in total. The van der Waals surface area contributed by atoms with E-state index in [-0.39, 0.29) is 18.4 Å². The maximum Gasteiger partial charge on any atom is 0.227 e. The molecule has 5 rings (SSSR count). The molecule has 3 heterocycles. The van der Waals surface area contributed by atoms with E-state index in [4.69, 9.17) is 14.7 Å². The number of carbonyl (C=O) groups excluding carboxylic acids is 1. The summed E-state index contributed by atoms with van der Waals surface area (Å²) in [6, 6.07) is 10.7. The number of halogens is 1. The number of nitrogens with zero attached hydrogens (tertiary/aromatic N) is 3. The predicted octanol–water partition coefficient (Wildman–Crippen LogP) is 2.87. The summed E-state index contributed by atoms with van der Waals surface area (Å²) in [6.07, 6.45) is 2.86. The van der Waals surface area contributed by atoms with Gasteiger partial charge in [-0.3, -0.25) is 4.79 Å². The largest absolute Gasteiger partial charge is 0.486 e. The summed E-state index contributed by atoms with van der Waals surface area (Å²) in [6.45, 7) is 0.905. The van der Waals surface area contributed by atoms with Crippen LogP contribution in [0.4, 0.5) is 10.1 Å². The van der Waals surface area contributed by atoms with Crippen LogP contribution in [0.25, 0.3) is 0 Å². The van der Waals surface area contributed by atoms with Crippen LogP contribution < -0.4 is 14.8 Å². The Balaban J connectivity index is 1.36. The van der Waals surface area contributed by atoms with Gasteiger partial charge in [0.15, 0.2) is 11.5 Å². The van der Waals surface area contributed by atoms with Gasteiger partial charge in [0.05, 0.1) is 42.3 Å². The van der Waals surface area contributed by atoms with Crippen molar-refractivity contribution in [1.29, 1.82) is 5.26 Å². The molecule has 3 aromatic rings. The molecule has 1 amide bonds. The van der Waals surface area contributed by atoms with Crippen LogP contribution in [0.5, 0.6) is 11.5 Å². The normalized spacial score (nSPS) is 21.0. The van der Waals surface area contributed by atoms with Crippen molar-refractivity contribution in [3.8, 4) is 17.6 Å². The number of amides is 1. The molecular weight excluding hydrogens is 415 g/mol. The first-order chi connectivity index (χ1) is 15.5. The zero-order valence-corrected chi connectivity index (χ0v) is 16.9. The van der Waals surface area contributed by atoms with Crippen molar-refractivity contribution < 1.29 is 23.8 Å². The monoisotopic (exact) mass is 434 g/mol. The third-order valence-corrected chi connectivity index (χ3v) is 5.78. The number of hydrogen-bond donors (Lipinski definition) is 2. The fourth-order valence-electron chi connectivity index (χ4n) is 4.32. The van der Waals surface area contributed by atoms with Gasteiger partial charge in [-0.2, -0.15) is 5.26 Å². The first kappa shape index (κ1) is 20.0. The number of aromatic nitrogens is 2. The molecule has 0 unspecified atom stereocenters. The molecule has 0 saturated heterocycles. The number of benzene rings is 2. The standard InChI is InChI=1S/C23H19FN4O4/c24-17-7-14(11-25)1-3-16(17)18-9-23(30,21-12-26-13-28(18)21)10-22(29)27-15-2-4-19-20(8-15)32-6-5-31-19/h1-4,7-8,12-13,18,30H,5-6,9-10H2,(H,27,29)/t18-,23+/m1/s1. The average molecular weight is 434 g/mol. The Labute approximate surface area is 182 Å². The lowest BCUT2D eigenvalue weighted by molar-refractivity contribution is -0.121. The van der Waals surface area contributed by atoms with Crippen LogP contribution in [0.2, 0.25) is 0 Å². The van der Waals surface area contributed by atoms with Crippen molar-refractivity contribution in [2.75, 3.05) is 18.5 Å². The van der Waals surface area contributed by atoms with E-state index in [1.54, 1.807) is 22.8 Å². The Hall–Kier alpha value is -3.90. The van der Waals surface area contributed by atoms with Gasteiger partial charge in [-0.15, -0.1) is 0 Å². The van der Waals surface area contributed by atoms with Gasteiger partial charge < -0.3 is 24.5 Å². The Morgan fingerprint density at radius 1 is 1.28 bits per heavy atom. The number of nitrogens with one attached hydrogen (secondary N) is 1. The lowest BCUT2D eigenvalue weighted by Gasteiger charge is -2.23. The van der Waals surface area contributed by atoms with E-state index in [9.17, 15) is 14.3 Å². The number of anilines is 1. The third kappa shape index (κ3) is 3.44. The molecule has 9 heteroatoms. The van der Waals surface area contributed by atoms with Crippen LogP contribution >= 0.6 is 0 Å². The minimum atomic E-state index is -1.53. The van der Waals surface area contributed by atoms with Crippen LogP contribution in [-0.2, 0) is 10.4 Å². The molecule has 2 aromatic carbocycles. The van der Waals surface area contributed by atoms with Crippen LogP contribution in [0.3, 0.4) is 0 Å². The molecule has 0 saturated carbocycles. The maximum atomic E-state index is 14.7. The number of ether oxygens (including phenoxy) is 2. The van der Waals surface area contributed by atoms with Gasteiger partial charge in [-0.1, -0.05) is 6.07 Å². The smallest absolute Gasteiger partial charge is 0.227 e. The second kappa shape index (κ2) is 7.66. The van der Waals surface area contributed by atoms with Gasteiger partial charge in [0.2, 0.25) is 5.91 Å². The van der Waals surface area contributed by atoms with Gasteiger partial charge in [0.25, 0.3) is 0 Å². The number of imidazole rings is 1. The number of carbonyl (C=O) groups is 1. The summed E-state index contributed by atoms with van der Waals surface area (Å²) in [7, 11) is 0. The highest BCUT2D eigenvalue weighted by molar-refractivity contribution is 5.92. The molecule has 2 aliphatic heterocycles. The van der Waals surface area contributed by atoms with E-state index in [1.165, 1.54) is 24.7 Å². The molecule has 0 spiro atoms. The van der Waals surface area contributed by atoms with Gasteiger partial charge in [0.1, 0.15) is 24.6 Å². The number of rotatable bonds is 4. The van der Waals surface area contributed by atoms with E-state index in [0.29, 0.717) is 41.7 Å². The number of aliphatic hydroxyl groups is 1. The molecule has 0 fully saturated rings. The van der Waals surface area contributed by atoms with Crippen molar-refractivity contribution in [2.45, 2.75) is 24.5 Å². The second-order valence-electron chi connectivity index (χ2n) is 7.87. The van der Waals surface area contributed by atoms with Crippen LogP contribution in [0.1, 0.15) is 35.7 Å². The Kier molecular flexibility index (Phi) is 4.79. The lowest BCUT2D eigenvalue weighted by Crippen LogP contribution is -2.29. The third-order valence-electron chi connectivity index (χ3n) is 5.78. The quantitative estimate of drug-likeness (QED) is 0.654. The number of nitriles is 1. The van der Waals surface area contributed by atoms with E-state index in [1.807, 2.05) is 6.07 Å². The predicted molar refractivity (Wildman–Crippen MR) is 111 cm³/mol. The lowest BCUT2D eigenvalue weighted by atomic mass is 9.89. The molecule has 2 aliphatic rings. The highest BCUT2D eigenvalue weighted by Gasteiger charge is 2.45. The summed E-state index contributed by atoms with van der Waals surface area (Å²) in [5, 5.41) is 23.1. The SMILES string of the molecule is N#Cc1ccc([C@H]2C[C@](O)(CC(=O)Nc3ccc4c(c3)OCCO4)c3cncn32)c(F)c1. The van der Waals surface area contributed by atoms with E-state index >= 15 is 0 Å². The molecule has 0 radical (unpaired) electrons. The minimum absolute atomic E-state index is 0.0994. The Morgan fingerprint density at radius 3 is 2.88 bits per heavy atom. The van der Waals surface area contributed by atoms with Crippen LogP contribution in [0, 0.1) is 17.1 Å². The highest BCUT2D eigenvalue weighted by Crippen LogP contribution is 2.45. The molecule has 0 bridgehead atoms. The summed E-state index contributed by atoms with van der Waals surface area (Å²) >= 11 is 0. The van der Waals surface area contributed by atoms with Crippen LogP contribution in [-0.4, -0.2) is 33.8 Å². The number of fused-ring (bicyclic) bond motifs is 2. The fraction of sp³-hybridized carbons (Fsp3) is 0.261. The molecule has 0 aliphatic carbocycles. The molecule has 1 aromatic heterocycles. The molecule has 32 heavy (non-hydrogen) atoms. The van der Waals surface area contributed by atoms with Crippen molar-refractivity contribution in [3.63, 3.8) is 0 Å². The summed E-state index contributed by atoms with van der Waals surface area (Å²) in [5.74, 6) is 0.208. The summed E-state index contributed by atoms with van der Waals surface area (Å²) < 4.78 is 27.3. The van der Waals surface area contributed by atoms with Crippen molar-refractivity contribution in [2.24, 2.45) is 0 Å². The fourth-order valence-corrected chi connectivity index (χ4v) is 4.32. The first-order valence-corrected chi connectivity index (χ1v) is 10.1. The average Bonchev–Trinajstić information content (AvgIpc) is 3.37. The Morgan fingerprint density at radius 2 is 2.09 bits per heavy atom. The molecule has 2 N–H and O–H groups in total. The number of hydrogen-bond acceptors (Lipinski definition) is 6. The van der Waals surface area contributed by atoms with Gasteiger partial charge in [0, 0.05) is 23.7 Å². The minimum Gasteiger partial charge on any atom is -0.486 e. The maximum absolute atomic E-state index is 14.7. The molecular formula is C23H19FN4O4. The van der Waals surface area contributed by atoms with Gasteiger partial charge in [-0.25, -0.2) is 9.37 Å².